The van der Waals surface area contributed by atoms with Crippen molar-refractivity contribution in [2.75, 3.05) is 5.33 Å². The van der Waals surface area contributed by atoms with E-state index >= 15 is 0 Å². The third-order valence-corrected chi connectivity index (χ3v) is 2.80. The Bertz CT molecular complexity index is 467. The minimum atomic E-state index is -4.58. The van der Waals surface area contributed by atoms with E-state index in [1.807, 2.05) is 0 Å². The molecule has 0 radical (unpaired) electrons. The van der Waals surface area contributed by atoms with Gasteiger partial charge in [0.2, 0.25) is 0 Å². The molecule has 6 heteroatoms. The maximum Gasteiger partial charge on any atom is 0.416 e. The standard InChI is InChI=1S/C11H8BrF3O2/c1-6-8(10(17)4-12)2-7(5-16)3-9(6)11(13,14)15/h2-3,5H,4H2,1H3. The number of benzene rings is 1. The molecule has 0 bridgehead atoms. The van der Waals surface area contributed by atoms with Crippen molar-refractivity contribution in [2.24, 2.45) is 0 Å². The van der Waals surface area contributed by atoms with Crippen molar-refractivity contribution < 1.29 is 22.8 Å². The van der Waals surface area contributed by atoms with E-state index in [0.717, 1.165) is 6.07 Å². The van der Waals surface area contributed by atoms with Crippen molar-refractivity contribution in [3.05, 3.63) is 34.4 Å². The molecule has 0 aliphatic heterocycles. The van der Waals surface area contributed by atoms with Gasteiger partial charge >= 0.3 is 6.18 Å². The lowest BCUT2D eigenvalue weighted by molar-refractivity contribution is -0.138. The smallest absolute Gasteiger partial charge is 0.298 e. The zero-order valence-electron chi connectivity index (χ0n) is 8.77. The molecule has 0 fully saturated rings. The van der Waals surface area contributed by atoms with E-state index in [4.69, 9.17) is 0 Å². The summed E-state index contributed by atoms with van der Waals surface area (Å²) in [7, 11) is 0. The maximum absolute atomic E-state index is 12.7. The molecule has 0 amide bonds. The lowest BCUT2D eigenvalue weighted by atomic mass is 9.96. The lowest BCUT2D eigenvalue weighted by Crippen LogP contribution is -2.13. The van der Waals surface area contributed by atoms with Gasteiger partial charge in [0.05, 0.1) is 10.9 Å². The third kappa shape index (κ3) is 2.94. The molecule has 1 rings (SSSR count). The van der Waals surface area contributed by atoms with Crippen LogP contribution in [0.4, 0.5) is 13.2 Å². The van der Waals surface area contributed by atoms with Gasteiger partial charge in [0, 0.05) is 11.1 Å². The molecule has 0 aliphatic rings. The van der Waals surface area contributed by atoms with E-state index < -0.39 is 17.5 Å². The van der Waals surface area contributed by atoms with Gasteiger partial charge in [-0.1, -0.05) is 15.9 Å². The number of carbonyl (C=O) groups is 2. The van der Waals surface area contributed by atoms with Gasteiger partial charge in [0.1, 0.15) is 6.29 Å². The Labute approximate surface area is 104 Å². The number of rotatable bonds is 3. The number of hydrogen-bond acceptors (Lipinski definition) is 2. The zero-order chi connectivity index (χ0) is 13.2. The van der Waals surface area contributed by atoms with Crippen molar-refractivity contribution in [3.63, 3.8) is 0 Å². The van der Waals surface area contributed by atoms with Crippen LogP contribution in [0.25, 0.3) is 0 Å². The SMILES string of the molecule is Cc1c(C(=O)CBr)cc(C=O)cc1C(F)(F)F. The Hall–Kier alpha value is -1.17. The quantitative estimate of drug-likeness (QED) is 0.487. The molecule has 0 aromatic heterocycles. The van der Waals surface area contributed by atoms with Crippen LogP contribution in [0, 0.1) is 6.92 Å². The van der Waals surface area contributed by atoms with Crippen LogP contribution in [0.2, 0.25) is 0 Å². The van der Waals surface area contributed by atoms with Gasteiger partial charge in [-0.2, -0.15) is 13.2 Å². The highest BCUT2D eigenvalue weighted by atomic mass is 79.9. The summed E-state index contributed by atoms with van der Waals surface area (Å²) in [5.74, 6) is -0.489. The first-order valence-corrected chi connectivity index (χ1v) is 5.69. The first-order valence-electron chi connectivity index (χ1n) is 4.57. The Morgan fingerprint density at radius 2 is 2.00 bits per heavy atom. The van der Waals surface area contributed by atoms with Crippen LogP contribution < -0.4 is 0 Å². The molecule has 0 heterocycles. The summed E-state index contributed by atoms with van der Waals surface area (Å²) in [6.07, 6.45) is -4.29. The number of halogens is 4. The highest BCUT2D eigenvalue weighted by molar-refractivity contribution is 9.09. The molecule has 0 aliphatic carbocycles. The van der Waals surface area contributed by atoms with Gasteiger partial charge in [0.25, 0.3) is 0 Å². The van der Waals surface area contributed by atoms with Gasteiger partial charge in [-0.3, -0.25) is 9.59 Å². The van der Waals surface area contributed by atoms with Crippen LogP contribution in [-0.4, -0.2) is 17.4 Å². The molecular weight excluding hydrogens is 301 g/mol. The lowest BCUT2D eigenvalue weighted by Gasteiger charge is -2.13. The minimum absolute atomic E-state index is 0.0844. The summed E-state index contributed by atoms with van der Waals surface area (Å²) >= 11 is 2.89. The first-order chi connectivity index (χ1) is 7.81. The first kappa shape index (κ1) is 13.9. The van der Waals surface area contributed by atoms with Gasteiger partial charge in [-0.05, 0) is 24.6 Å². The summed E-state index contributed by atoms with van der Waals surface area (Å²) in [5, 5.41) is -0.0898. The van der Waals surface area contributed by atoms with E-state index in [1.54, 1.807) is 0 Å². The van der Waals surface area contributed by atoms with Crippen LogP contribution in [-0.2, 0) is 6.18 Å². The van der Waals surface area contributed by atoms with Crippen LogP contribution in [0.3, 0.4) is 0 Å². The summed E-state index contributed by atoms with van der Waals surface area (Å²) in [5.41, 5.74) is -1.36. The van der Waals surface area contributed by atoms with Crippen molar-refractivity contribution in [3.8, 4) is 0 Å². The summed E-state index contributed by atoms with van der Waals surface area (Å²) in [6, 6.07) is 1.91. The minimum Gasteiger partial charge on any atom is -0.298 e. The topological polar surface area (TPSA) is 34.1 Å². The van der Waals surface area contributed by atoms with Crippen molar-refractivity contribution in [2.45, 2.75) is 13.1 Å². The summed E-state index contributed by atoms with van der Waals surface area (Å²) in [6.45, 7) is 1.22. The normalized spacial score (nSPS) is 11.4. The fraction of sp³-hybridized carbons (Fsp3) is 0.273. The van der Waals surface area contributed by atoms with Gasteiger partial charge in [-0.15, -0.1) is 0 Å². The second-order valence-electron chi connectivity index (χ2n) is 3.41. The van der Waals surface area contributed by atoms with Crippen LogP contribution in [0.5, 0.6) is 0 Å². The predicted octanol–water partition coefficient (Wildman–Crippen LogP) is 3.40. The third-order valence-electron chi connectivity index (χ3n) is 2.29. The summed E-state index contributed by atoms with van der Waals surface area (Å²) < 4.78 is 38.0. The van der Waals surface area contributed by atoms with Gasteiger partial charge in [-0.25, -0.2) is 0 Å². The number of alkyl halides is 4. The Balaban J connectivity index is 3.52. The van der Waals surface area contributed by atoms with Crippen LogP contribution >= 0.6 is 15.9 Å². The molecule has 17 heavy (non-hydrogen) atoms. The average Bonchev–Trinajstić information content (AvgIpc) is 2.26. The zero-order valence-corrected chi connectivity index (χ0v) is 10.4. The molecule has 0 spiro atoms. The monoisotopic (exact) mass is 308 g/mol. The Morgan fingerprint density at radius 3 is 2.41 bits per heavy atom. The largest absolute Gasteiger partial charge is 0.416 e. The predicted molar refractivity (Wildman–Crippen MR) is 59.7 cm³/mol. The van der Waals surface area contributed by atoms with Gasteiger partial charge < -0.3 is 0 Å². The number of hydrogen-bond donors (Lipinski definition) is 0. The highest BCUT2D eigenvalue weighted by Crippen LogP contribution is 2.34. The van der Waals surface area contributed by atoms with E-state index in [2.05, 4.69) is 15.9 Å². The number of aldehydes is 1. The molecule has 2 nitrogen and oxygen atoms in total. The number of ketones is 1. The maximum atomic E-state index is 12.7. The molecule has 1 aromatic carbocycles. The second-order valence-corrected chi connectivity index (χ2v) is 3.97. The van der Waals surface area contributed by atoms with E-state index in [1.165, 1.54) is 13.0 Å². The van der Waals surface area contributed by atoms with E-state index in [-0.39, 0.29) is 22.0 Å². The molecule has 92 valence electrons. The van der Waals surface area contributed by atoms with Crippen molar-refractivity contribution in [1.29, 1.82) is 0 Å². The fourth-order valence-corrected chi connectivity index (χ4v) is 1.76. The Kier molecular flexibility index (Phi) is 4.08. The van der Waals surface area contributed by atoms with Crippen LogP contribution in [0.15, 0.2) is 12.1 Å². The molecule has 0 saturated heterocycles. The average molecular weight is 309 g/mol. The molecular formula is C11H8BrF3O2. The van der Waals surface area contributed by atoms with Crippen molar-refractivity contribution >= 4 is 28.0 Å². The Morgan fingerprint density at radius 1 is 1.41 bits per heavy atom. The fourth-order valence-electron chi connectivity index (χ4n) is 1.46. The molecule has 0 saturated carbocycles. The van der Waals surface area contributed by atoms with E-state index in [9.17, 15) is 22.8 Å². The molecule has 1 aromatic rings. The molecule has 0 atom stereocenters. The van der Waals surface area contributed by atoms with Crippen molar-refractivity contribution in [1.82, 2.24) is 0 Å². The van der Waals surface area contributed by atoms with Crippen LogP contribution in [0.1, 0.15) is 31.8 Å². The summed E-state index contributed by atoms with van der Waals surface area (Å²) in [4.78, 5) is 22.0. The number of carbonyl (C=O) groups excluding carboxylic acids is 2. The highest BCUT2D eigenvalue weighted by Gasteiger charge is 2.34. The van der Waals surface area contributed by atoms with Gasteiger partial charge in [0.15, 0.2) is 5.78 Å². The molecule has 0 N–H and O–H groups in total. The molecule has 0 unspecified atom stereocenters. The number of Topliss-reactive ketones (excluding diaryl/α,β-unsaturated/α-hetero) is 1. The second kappa shape index (κ2) is 5.00. The van der Waals surface area contributed by atoms with E-state index in [0.29, 0.717) is 6.29 Å².